The lowest BCUT2D eigenvalue weighted by molar-refractivity contribution is 0.101. The van der Waals surface area contributed by atoms with Crippen molar-refractivity contribution in [2.75, 3.05) is 0 Å². The molecule has 1 aromatic heterocycles. The van der Waals surface area contributed by atoms with Gasteiger partial charge >= 0.3 is 0 Å². The molecule has 2 rings (SSSR count). The Labute approximate surface area is 108 Å². The van der Waals surface area contributed by atoms with Crippen LogP contribution in [-0.4, -0.2) is 10.8 Å². The van der Waals surface area contributed by atoms with E-state index in [1.165, 1.54) is 6.92 Å². The Morgan fingerprint density at radius 3 is 2.82 bits per heavy atom. The summed E-state index contributed by atoms with van der Waals surface area (Å²) < 4.78 is 6.49. The summed E-state index contributed by atoms with van der Waals surface area (Å²) in [6, 6.07) is 10.7. The molecule has 0 saturated heterocycles. The van der Waals surface area contributed by atoms with Crippen LogP contribution in [0, 0.1) is 0 Å². The molecular formula is C13H10BrNO2. The van der Waals surface area contributed by atoms with Gasteiger partial charge in [-0.3, -0.25) is 4.79 Å². The fourth-order valence-corrected chi connectivity index (χ4v) is 1.71. The van der Waals surface area contributed by atoms with Crippen molar-refractivity contribution in [3.63, 3.8) is 0 Å². The fourth-order valence-electron chi connectivity index (χ4n) is 1.34. The first-order valence-electron chi connectivity index (χ1n) is 5.05. The standard InChI is InChI=1S/C13H10BrNO2/c1-9(16)10-5-6-15-13(7-10)17-12-4-2-3-11(14)8-12/h2-8H,1H3. The summed E-state index contributed by atoms with van der Waals surface area (Å²) in [6.45, 7) is 1.51. The van der Waals surface area contributed by atoms with Crippen molar-refractivity contribution in [2.45, 2.75) is 6.92 Å². The molecule has 0 bridgehead atoms. The number of carbonyl (C=O) groups excluding carboxylic acids is 1. The van der Waals surface area contributed by atoms with Gasteiger partial charge in [-0.05, 0) is 31.2 Å². The molecular weight excluding hydrogens is 282 g/mol. The predicted octanol–water partition coefficient (Wildman–Crippen LogP) is 3.84. The second-order valence-electron chi connectivity index (χ2n) is 3.50. The second kappa shape index (κ2) is 5.10. The number of halogens is 1. The summed E-state index contributed by atoms with van der Waals surface area (Å²) >= 11 is 3.36. The van der Waals surface area contributed by atoms with Crippen LogP contribution in [0.4, 0.5) is 0 Å². The molecule has 3 nitrogen and oxygen atoms in total. The van der Waals surface area contributed by atoms with Gasteiger partial charge in [0.25, 0.3) is 0 Å². The molecule has 0 saturated carbocycles. The third-order valence-electron chi connectivity index (χ3n) is 2.16. The van der Waals surface area contributed by atoms with E-state index in [2.05, 4.69) is 20.9 Å². The summed E-state index contributed by atoms with van der Waals surface area (Å²) in [4.78, 5) is 15.3. The average molecular weight is 292 g/mol. The minimum atomic E-state index is -0.00788. The number of benzene rings is 1. The van der Waals surface area contributed by atoms with Crippen molar-refractivity contribution < 1.29 is 9.53 Å². The van der Waals surface area contributed by atoms with Gasteiger partial charge in [-0.25, -0.2) is 4.98 Å². The third kappa shape index (κ3) is 3.14. The molecule has 0 spiro atoms. The number of rotatable bonds is 3. The SMILES string of the molecule is CC(=O)c1ccnc(Oc2cccc(Br)c2)c1. The molecule has 0 fully saturated rings. The smallest absolute Gasteiger partial charge is 0.219 e. The molecule has 1 aromatic carbocycles. The molecule has 1 heterocycles. The van der Waals surface area contributed by atoms with Gasteiger partial charge in [0, 0.05) is 22.3 Å². The molecule has 4 heteroatoms. The average Bonchev–Trinajstić information content (AvgIpc) is 2.29. The van der Waals surface area contributed by atoms with Gasteiger partial charge in [0.05, 0.1) is 0 Å². The predicted molar refractivity (Wildman–Crippen MR) is 68.5 cm³/mol. The summed E-state index contributed by atoms with van der Waals surface area (Å²) in [5.74, 6) is 1.08. The normalized spacial score (nSPS) is 10.0. The van der Waals surface area contributed by atoms with Crippen LogP contribution in [0.1, 0.15) is 17.3 Å². The fraction of sp³-hybridized carbons (Fsp3) is 0.0769. The zero-order chi connectivity index (χ0) is 12.3. The molecule has 0 atom stereocenters. The lowest BCUT2D eigenvalue weighted by Gasteiger charge is -2.05. The highest BCUT2D eigenvalue weighted by molar-refractivity contribution is 9.10. The van der Waals surface area contributed by atoms with Gasteiger partial charge in [-0.2, -0.15) is 0 Å². The maximum Gasteiger partial charge on any atom is 0.219 e. The van der Waals surface area contributed by atoms with Crippen molar-refractivity contribution >= 4 is 21.7 Å². The second-order valence-corrected chi connectivity index (χ2v) is 4.41. The number of hydrogen-bond acceptors (Lipinski definition) is 3. The lowest BCUT2D eigenvalue weighted by Crippen LogP contribution is -1.94. The topological polar surface area (TPSA) is 39.2 Å². The van der Waals surface area contributed by atoms with E-state index in [1.807, 2.05) is 24.3 Å². The number of hydrogen-bond donors (Lipinski definition) is 0. The Kier molecular flexibility index (Phi) is 3.54. The zero-order valence-electron chi connectivity index (χ0n) is 9.18. The number of carbonyl (C=O) groups is 1. The van der Waals surface area contributed by atoms with E-state index in [0.717, 1.165) is 4.47 Å². The number of pyridine rings is 1. The van der Waals surface area contributed by atoms with Crippen molar-refractivity contribution in [3.8, 4) is 11.6 Å². The van der Waals surface area contributed by atoms with Crippen molar-refractivity contribution in [3.05, 3.63) is 52.6 Å². The Morgan fingerprint density at radius 2 is 2.12 bits per heavy atom. The van der Waals surface area contributed by atoms with Gasteiger partial charge < -0.3 is 4.74 Å². The highest BCUT2D eigenvalue weighted by Gasteiger charge is 2.03. The lowest BCUT2D eigenvalue weighted by atomic mass is 10.2. The molecule has 0 unspecified atom stereocenters. The summed E-state index contributed by atoms with van der Waals surface area (Å²) in [5, 5.41) is 0. The van der Waals surface area contributed by atoms with E-state index < -0.39 is 0 Å². The first-order chi connectivity index (χ1) is 8.15. The van der Waals surface area contributed by atoms with Gasteiger partial charge in [-0.15, -0.1) is 0 Å². The Hall–Kier alpha value is -1.68. The van der Waals surface area contributed by atoms with E-state index >= 15 is 0 Å². The van der Waals surface area contributed by atoms with Gasteiger partial charge in [-0.1, -0.05) is 22.0 Å². The van der Waals surface area contributed by atoms with E-state index in [9.17, 15) is 4.79 Å². The van der Waals surface area contributed by atoms with Crippen LogP contribution in [-0.2, 0) is 0 Å². The minimum absolute atomic E-state index is 0.00788. The Morgan fingerprint density at radius 1 is 1.29 bits per heavy atom. The number of Topliss-reactive ketones (excluding diaryl/α,β-unsaturated/α-hetero) is 1. The van der Waals surface area contributed by atoms with Crippen molar-refractivity contribution in [1.29, 1.82) is 0 Å². The van der Waals surface area contributed by atoms with Crippen molar-refractivity contribution in [1.82, 2.24) is 4.98 Å². The zero-order valence-corrected chi connectivity index (χ0v) is 10.8. The first-order valence-corrected chi connectivity index (χ1v) is 5.85. The Bertz CT molecular complexity index is 555. The van der Waals surface area contributed by atoms with Gasteiger partial charge in [0.15, 0.2) is 5.78 Å². The molecule has 0 aliphatic rings. The van der Waals surface area contributed by atoms with Crippen molar-refractivity contribution in [2.24, 2.45) is 0 Å². The molecule has 0 aliphatic heterocycles. The maximum absolute atomic E-state index is 11.2. The summed E-state index contributed by atoms with van der Waals surface area (Å²) in [7, 11) is 0. The molecule has 0 aliphatic carbocycles. The molecule has 2 aromatic rings. The minimum Gasteiger partial charge on any atom is -0.439 e. The largest absolute Gasteiger partial charge is 0.439 e. The number of aromatic nitrogens is 1. The first kappa shape index (κ1) is 11.8. The van der Waals surface area contributed by atoms with Crippen LogP contribution in [0.2, 0.25) is 0 Å². The van der Waals surface area contributed by atoms with E-state index in [4.69, 9.17) is 4.74 Å². The molecule has 86 valence electrons. The van der Waals surface area contributed by atoms with E-state index in [1.54, 1.807) is 18.3 Å². The molecule has 0 amide bonds. The Balaban J connectivity index is 2.24. The van der Waals surface area contributed by atoms with Crippen LogP contribution in [0.5, 0.6) is 11.6 Å². The van der Waals surface area contributed by atoms with E-state index in [-0.39, 0.29) is 5.78 Å². The molecule has 0 N–H and O–H groups in total. The van der Waals surface area contributed by atoms with Crippen LogP contribution in [0.25, 0.3) is 0 Å². The quantitative estimate of drug-likeness (QED) is 0.807. The van der Waals surface area contributed by atoms with E-state index in [0.29, 0.717) is 17.2 Å². The van der Waals surface area contributed by atoms with Gasteiger partial charge in [0.2, 0.25) is 5.88 Å². The monoisotopic (exact) mass is 291 g/mol. The number of ether oxygens (including phenoxy) is 1. The van der Waals surface area contributed by atoms with Gasteiger partial charge in [0.1, 0.15) is 5.75 Å². The third-order valence-corrected chi connectivity index (χ3v) is 2.65. The number of ketones is 1. The summed E-state index contributed by atoms with van der Waals surface area (Å²) in [5.41, 5.74) is 0.588. The molecule has 17 heavy (non-hydrogen) atoms. The highest BCUT2D eigenvalue weighted by atomic mass is 79.9. The number of nitrogens with zero attached hydrogens (tertiary/aromatic N) is 1. The maximum atomic E-state index is 11.2. The van der Waals surface area contributed by atoms with Crippen LogP contribution in [0.3, 0.4) is 0 Å². The van der Waals surface area contributed by atoms with Crippen LogP contribution in [0.15, 0.2) is 47.1 Å². The molecule has 0 radical (unpaired) electrons. The summed E-state index contributed by atoms with van der Waals surface area (Å²) in [6.07, 6.45) is 1.56. The van der Waals surface area contributed by atoms with Crippen LogP contribution >= 0.6 is 15.9 Å². The van der Waals surface area contributed by atoms with Crippen LogP contribution < -0.4 is 4.74 Å². The highest BCUT2D eigenvalue weighted by Crippen LogP contribution is 2.23.